The third-order valence-corrected chi connectivity index (χ3v) is 2.41. The molecule has 3 nitrogen and oxygen atoms in total. The number of sulfonamides is 1. The molecule has 0 fully saturated rings. The SMILES string of the molecule is C=CN(C(C)C)S(C)(=O)=O. The summed E-state index contributed by atoms with van der Waals surface area (Å²) in [5, 5.41) is 0. The van der Waals surface area contributed by atoms with Crippen LogP contribution in [0.4, 0.5) is 0 Å². The lowest BCUT2D eigenvalue weighted by atomic mass is 10.4. The van der Waals surface area contributed by atoms with E-state index in [-0.39, 0.29) is 6.04 Å². The van der Waals surface area contributed by atoms with Gasteiger partial charge in [-0.3, -0.25) is 4.31 Å². The van der Waals surface area contributed by atoms with E-state index >= 15 is 0 Å². The molecule has 0 atom stereocenters. The van der Waals surface area contributed by atoms with E-state index in [4.69, 9.17) is 0 Å². The van der Waals surface area contributed by atoms with Gasteiger partial charge in [0.2, 0.25) is 10.0 Å². The number of nitrogens with zero attached hydrogens (tertiary/aromatic N) is 1. The summed E-state index contributed by atoms with van der Waals surface area (Å²) in [5.41, 5.74) is 0. The van der Waals surface area contributed by atoms with Gasteiger partial charge in [0.15, 0.2) is 0 Å². The minimum Gasteiger partial charge on any atom is -0.276 e. The highest BCUT2D eigenvalue weighted by molar-refractivity contribution is 7.88. The van der Waals surface area contributed by atoms with Crippen LogP contribution in [0.2, 0.25) is 0 Å². The van der Waals surface area contributed by atoms with Gasteiger partial charge in [-0.2, -0.15) is 0 Å². The molecule has 0 amide bonds. The van der Waals surface area contributed by atoms with Crippen LogP contribution in [0.25, 0.3) is 0 Å². The molecule has 0 saturated heterocycles. The highest BCUT2D eigenvalue weighted by atomic mass is 32.2. The Hall–Kier alpha value is -0.510. The minimum atomic E-state index is -3.10. The topological polar surface area (TPSA) is 37.4 Å². The molecule has 0 N–H and O–H groups in total. The van der Waals surface area contributed by atoms with Crippen LogP contribution in [0.1, 0.15) is 13.8 Å². The van der Waals surface area contributed by atoms with Crippen molar-refractivity contribution < 1.29 is 8.42 Å². The predicted molar refractivity (Wildman–Crippen MR) is 42.0 cm³/mol. The predicted octanol–water partition coefficient (Wildman–Crippen LogP) is 0.800. The Morgan fingerprint density at radius 1 is 1.50 bits per heavy atom. The van der Waals surface area contributed by atoms with E-state index in [9.17, 15) is 8.42 Å². The van der Waals surface area contributed by atoms with E-state index in [1.165, 1.54) is 10.5 Å². The van der Waals surface area contributed by atoms with E-state index < -0.39 is 10.0 Å². The van der Waals surface area contributed by atoms with Gasteiger partial charge in [0, 0.05) is 12.2 Å². The molecule has 0 aromatic carbocycles. The fraction of sp³-hybridized carbons (Fsp3) is 0.667. The van der Waals surface area contributed by atoms with Crippen molar-refractivity contribution in [2.75, 3.05) is 6.26 Å². The molecule has 0 aliphatic rings. The molecule has 4 heteroatoms. The molecule has 0 aliphatic carbocycles. The molecule has 0 radical (unpaired) electrons. The van der Waals surface area contributed by atoms with Crippen LogP contribution >= 0.6 is 0 Å². The molecule has 0 heterocycles. The van der Waals surface area contributed by atoms with Crippen molar-refractivity contribution in [1.29, 1.82) is 0 Å². The van der Waals surface area contributed by atoms with Crippen LogP contribution < -0.4 is 0 Å². The van der Waals surface area contributed by atoms with Crippen molar-refractivity contribution in [3.63, 3.8) is 0 Å². The smallest absolute Gasteiger partial charge is 0.231 e. The second kappa shape index (κ2) is 3.05. The molecular weight excluding hydrogens is 150 g/mol. The van der Waals surface area contributed by atoms with Crippen molar-refractivity contribution in [3.05, 3.63) is 12.8 Å². The standard InChI is InChI=1S/C6H13NO2S/c1-5-7(6(2)3)10(4,8)9/h5-6H,1H2,2-4H3. The number of hydrogen-bond donors (Lipinski definition) is 0. The van der Waals surface area contributed by atoms with E-state index in [0.717, 1.165) is 6.26 Å². The first-order valence-electron chi connectivity index (χ1n) is 3.00. The van der Waals surface area contributed by atoms with Gasteiger partial charge < -0.3 is 0 Å². The normalized spacial score (nSPS) is 11.6. The first-order valence-corrected chi connectivity index (χ1v) is 4.85. The third kappa shape index (κ3) is 2.39. The maximum atomic E-state index is 10.9. The van der Waals surface area contributed by atoms with Crippen LogP contribution in [0.5, 0.6) is 0 Å². The molecule has 0 aliphatic heterocycles. The summed E-state index contributed by atoms with van der Waals surface area (Å²) in [6.07, 6.45) is 2.48. The fourth-order valence-electron chi connectivity index (χ4n) is 0.729. The first-order chi connectivity index (χ1) is 4.39. The maximum absolute atomic E-state index is 10.9. The van der Waals surface area contributed by atoms with Crippen molar-refractivity contribution in [1.82, 2.24) is 4.31 Å². The monoisotopic (exact) mass is 163 g/mol. The summed E-state index contributed by atoms with van der Waals surface area (Å²) in [5.74, 6) is 0. The second-order valence-corrected chi connectivity index (χ2v) is 4.26. The molecule has 10 heavy (non-hydrogen) atoms. The van der Waals surface area contributed by atoms with Gasteiger partial charge in [-0.1, -0.05) is 6.58 Å². The third-order valence-electron chi connectivity index (χ3n) is 1.07. The van der Waals surface area contributed by atoms with Crippen LogP contribution in [0.3, 0.4) is 0 Å². The Bertz CT molecular complexity index is 206. The lowest BCUT2D eigenvalue weighted by molar-refractivity contribution is 0.447. The molecule has 0 spiro atoms. The summed E-state index contributed by atoms with van der Waals surface area (Å²) in [6, 6.07) is -0.0486. The average Bonchev–Trinajstić information content (AvgIpc) is 1.60. The molecule has 0 bridgehead atoms. The number of hydrogen-bond acceptors (Lipinski definition) is 2. The van der Waals surface area contributed by atoms with Gasteiger partial charge in [-0.05, 0) is 13.8 Å². The van der Waals surface area contributed by atoms with Crippen LogP contribution in [-0.4, -0.2) is 25.0 Å². The Morgan fingerprint density at radius 2 is 1.90 bits per heavy atom. The van der Waals surface area contributed by atoms with E-state index in [1.54, 1.807) is 13.8 Å². The Kier molecular flexibility index (Phi) is 2.90. The van der Waals surface area contributed by atoms with Gasteiger partial charge in [-0.15, -0.1) is 0 Å². The zero-order valence-electron chi connectivity index (χ0n) is 6.53. The highest BCUT2D eigenvalue weighted by Gasteiger charge is 2.13. The first kappa shape index (κ1) is 9.49. The molecule has 0 saturated carbocycles. The lowest BCUT2D eigenvalue weighted by Gasteiger charge is -2.21. The van der Waals surface area contributed by atoms with Gasteiger partial charge in [-0.25, -0.2) is 8.42 Å². The summed E-state index contributed by atoms with van der Waals surface area (Å²) in [4.78, 5) is 0. The van der Waals surface area contributed by atoms with Crippen LogP contribution in [0.15, 0.2) is 12.8 Å². The molecule has 60 valence electrons. The molecule has 0 rings (SSSR count). The van der Waals surface area contributed by atoms with E-state index in [1.807, 2.05) is 0 Å². The van der Waals surface area contributed by atoms with Crippen molar-refractivity contribution in [2.24, 2.45) is 0 Å². The zero-order chi connectivity index (χ0) is 8.36. The largest absolute Gasteiger partial charge is 0.276 e. The van der Waals surface area contributed by atoms with Crippen molar-refractivity contribution in [2.45, 2.75) is 19.9 Å². The van der Waals surface area contributed by atoms with E-state index in [2.05, 4.69) is 6.58 Å². The molecular formula is C6H13NO2S. The Morgan fingerprint density at radius 3 is 1.90 bits per heavy atom. The second-order valence-electron chi connectivity index (χ2n) is 2.37. The molecule has 0 aromatic heterocycles. The van der Waals surface area contributed by atoms with E-state index in [0.29, 0.717) is 0 Å². The molecule has 0 aromatic rings. The number of rotatable bonds is 3. The average molecular weight is 163 g/mol. The lowest BCUT2D eigenvalue weighted by Crippen LogP contribution is -2.30. The highest BCUT2D eigenvalue weighted by Crippen LogP contribution is 2.03. The zero-order valence-corrected chi connectivity index (χ0v) is 7.35. The Labute approximate surface area is 62.4 Å². The van der Waals surface area contributed by atoms with Crippen LogP contribution in [-0.2, 0) is 10.0 Å². The van der Waals surface area contributed by atoms with Gasteiger partial charge >= 0.3 is 0 Å². The summed E-state index contributed by atoms with van der Waals surface area (Å²) in [7, 11) is -3.10. The summed E-state index contributed by atoms with van der Waals surface area (Å²) in [6.45, 7) is 6.98. The Balaban J connectivity index is 4.54. The summed E-state index contributed by atoms with van der Waals surface area (Å²) >= 11 is 0. The summed E-state index contributed by atoms with van der Waals surface area (Å²) < 4.78 is 22.9. The van der Waals surface area contributed by atoms with Gasteiger partial charge in [0.1, 0.15) is 0 Å². The van der Waals surface area contributed by atoms with Gasteiger partial charge in [0.05, 0.1) is 6.26 Å². The fourth-order valence-corrected chi connectivity index (χ4v) is 1.77. The van der Waals surface area contributed by atoms with Crippen molar-refractivity contribution in [3.8, 4) is 0 Å². The molecule has 0 unspecified atom stereocenters. The van der Waals surface area contributed by atoms with Crippen molar-refractivity contribution >= 4 is 10.0 Å². The minimum absolute atomic E-state index is 0.0486. The van der Waals surface area contributed by atoms with Gasteiger partial charge in [0.25, 0.3) is 0 Å². The van der Waals surface area contributed by atoms with Crippen LogP contribution in [0, 0.1) is 0 Å². The maximum Gasteiger partial charge on any atom is 0.231 e. The quantitative estimate of drug-likeness (QED) is 0.617.